The molecule has 0 aromatic carbocycles. The molecule has 2 aliphatic rings. The Labute approximate surface area is 141 Å². The molecule has 0 saturated carbocycles. The zero-order valence-corrected chi connectivity index (χ0v) is 14.1. The van der Waals surface area contributed by atoms with E-state index in [0.29, 0.717) is 6.04 Å². The highest BCUT2D eigenvalue weighted by molar-refractivity contribution is 5.45. The number of fused-ring (bicyclic) bond motifs is 1. The van der Waals surface area contributed by atoms with Crippen molar-refractivity contribution < 1.29 is 0 Å². The van der Waals surface area contributed by atoms with E-state index in [9.17, 15) is 4.79 Å². The second kappa shape index (κ2) is 6.36. The van der Waals surface area contributed by atoms with Crippen molar-refractivity contribution in [3.05, 3.63) is 52.1 Å². The minimum Gasteiger partial charge on any atom is -0.352 e. The SMILES string of the molecule is CN(CCn1ccccc1=O)C1CN(c2cc3c(nn2)CCC3)C1. The molecule has 0 unspecified atom stereocenters. The Balaban J connectivity index is 1.31. The van der Waals surface area contributed by atoms with E-state index in [0.717, 1.165) is 44.8 Å². The van der Waals surface area contributed by atoms with E-state index in [1.165, 1.54) is 17.7 Å². The van der Waals surface area contributed by atoms with Gasteiger partial charge in [-0.15, -0.1) is 5.10 Å². The molecule has 6 nitrogen and oxygen atoms in total. The lowest BCUT2D eigenvalue weighted by Gasteiger charge is -2.44. The summed E-state index contributed by atoms with van der Waals surface area (Å²) in [6.45, 7) is 3.56. The number of likely N-dealkylation sites (N-methyl/N-ethyl adjacent to an activating group) is 1. The molecule has 0 bridgehead atoms. The number of hydrogen-bond acceptors (Lipinski definition) is 5. The zero-order valence-electron chi connectivity index (χ0n) is 14.1. The third-order valence-corrected chi connectivity index (χ3v) is 5.21. The van der Waals surface area contributed by atoms with E-state index in [4.69, 9.17) is 0 Å². The largest absolute Gasteiger partial charge is 0.352 e. The average Bonchev–Trinajstić information content (AvgIpc) is 3.00. The minimum atomic E-state index is 0.0644. The van der Waals surface area contributed by atoms with Crippen LogP contribution in [0.1, 0.15) is 17.7 Å². The van der Waals surface area contributed by atoms with E-state index >= 15 is 0 Å². The third kappa shape index (κ3) is 2.94. The van der Waals surface area contributed by atoms with E-state index in [1.807, 2.05) is 12.3 Å². The van der Waals surface area contributed by atoms with Crippen LogP contribution in [-0.4, -0.2) is 52.4 Å². The molecular weight excluding hydrogens is 302 g/mol. The molecule has 1 saturated heterocycles. The molecule has 1 fully saturated rings. The quantitative estimate of drug-likeness (QED) is 0.819. The van der Waals surface area contributed by atoms with Gasteiger partial charge in [-0.05, 0) is 44.0 Å². The summed E-state index contributed by atoms with van der Waals surface area (Å²) in [6.07, 6.45) is 5.27. The molecule has 0 atom stereocenters. The average molecular weight is 325 g/mol. The number of aromatic nitrogens is 3. The Bertz CT molecular complexity index is 781. The second-order valence-electron chi connectivity index (χ2n) is 6.80. The van der Waals surface area contributed by atoms with E-state index < -0.39 is 0 Å². The summed E-state index contributed by atoms with van der Waals surface area (Å²) in [5, 5.41) is 8.76. The Morgan fingerprint density at radius 2 is 2.12 bits per heavy atom. The predicted octanol–water partition coefficient (Wildman–Crippen LogP) is 0.948. The first kappa shape index (κ1) is 15.3. The minimum absolute atomic E-state index is 0.0644. The molecule has 24 heavy (non-hydrogen) atoms. The van der Waals surface area contributed by atoms with Crippen LogP contribution in [0.4, 0.5) is 5.82 Å². The van der Waals surface area contributed by atoms with Crippen molar-refractivity contribution >= 4 is 5.82 Å². The molecule has 0 amide bonds. The summed E-state index contributed by atoms with van der Waals surface area (Å²) >= 11 is 0. The van der Waals surface area contributed by atoms with E-state index in [1.54, 1.807) is 16.7 Å². The summed E-state index contributed by atoms with van der Waals surface area (Å²) < 4.78 is 1.76. The highest BCUT2D eigenvalue weighted by Crippen LogP contribution is 2.26. The van der Waals surface area contributed by atoms with Crippen LogP contribution in [-0.2, 0) is 19.4 Å². The molecule has 0 radical (unpaired) electrons. The second-order valence-corrected chi connectivity index (χ2v) is 6.80. The van der Waals surface area contributed by atoms with Crippen molar-refractivity contribution in [1.29, 1.82) is 0 Å². The van der Waals surface area contributed by atoms with Gasteiger partial charge in [0.2, 0.25) is 0 Å². The van der Waals surface area contributed by atoms with Gasteiger partial charge in [-0.1, -0.05) is 6.07 Å². The molecule has 0 N–H and O–H groups in total. The number of pyridine rings is 1. The number of anilines is 1. The topological polar surface area (TPSA) is 54.3 Å². The van der Waals surface area contributed by atoms with Crippen LogP contribution in [0.15, 0.2) is 35.3 Å². The predicted molar refractivity (Wildman–Crippen MR) is 93.4 cm³/mol. The van der Waals surface area contributed by atoms with Crippen LogP contribution in [0.5, 0.6) is 0 Å². The lowest BCUT2D eigenvalue weighted by Crippen LogP contribution is -2.59. The van der Waals surface area contributed by atoms with E-state index in [2.05, 4.69) is 33.1 Å². The fourth-order valence-corrected chi connectivity index (χ4v) is 3.49. The van der Waals surface area contributed by atoms with Gasteiger partial charge < -0.3 is 9.47 Å². The van der Waals surface area contributed by atoms with Crippen LogP contribution >= 0.6 is 0 Å². The molecule has 0 spiro atoms. The molecule has 1 aliphatic carbocycles. The van der Waals surface area contributed by atoms with Crippen LogP contribution in [0, 0.1) is 0 Å². The summed E-state index contributed by atoms with van der Waals surface area (Å²) in [6, 6.07) is 8.02. The third-order valence-electron chi connectivity index (χ3n) is 5.21. The molecule has 6 heteroatoms. The number of hydrogen-bond donors (Lipinski definition) is 0. The highest BCUT2D eigenvalue weighted by atomic mass is 16.1. The van der Waals surface area contributed by atoms with Gasteiger partial charge in [0.25, 0.3) is 5.56 Å². The lowest BCUT2D eigenvalue weighted by molar-refractivity contribution is 0.197. The molecule has 2 aromatic heterocycles. The highest BCUT2D eigenvalue weighted by Gasteiger charge is 2.31. The van der Waals surface area contributed by atoms with Gasteiger partial charge in [0.05, 0.1) is 5.69 Å². The first-order valence-corrected chi connectivity index (χ1v) is 8.67. The van der Waals surface area contributed by atoms with Crippen molar-refractivity contribution in [3.63, 3.8) is 0 Å². The van der Waals surface area contributed by atoms with E-state index in [-0.39, 0.29) is 5.56 Å². The maximum Gasteiger partial charge on any atom is 0.250 e. The van der Waals surface area contributed by atoms with Crippen molar-refractivity contribution in [2.24, 2.45) is 0 Å². The number of aryl methyl sites for hydroxylation is 2. The first-order valence-electron chi connectivity index (χ1n) is 8.67. The van der Waals surface area contributed by atoms with Crippen molar-refractivity contribution in [1.82, 2.24) is 19.7 Å². The van der Waals surface area contributed by atoms with Crippen molar-refractivity contribution in [2.75, 3.05) is 31.6 Å². The van der Waals surface area contributed by atoms with Crippen LogP contribution in [0.3, 0.4) is 0 Å². The first-order chi connectivity index (χ1) is 11.7. The van der Waals surface area contributed by atoms with Crippen LogP contribution in [0.25, 0.3) is 0 Å². The summed E-state index contributed by atoms with van der Waals surface area (Å²) in [5.41, 5.74) is 2.62. The van der Waals surface area contributed by atoms with Gasteiger partial charge in [0.1, 0.15) is 0 Å². The van der Waals surface area contributed by atoms with Gasteiger partial charge >= 0.3 is 0 Å². The van der Waals surface area contributed by atoms with Gasteiger partial charge in [-0.2, -0.15) is 5.10 Å². The summed E-state index contributed by atoms with van der Waals surface area (Å²) in [7, 11) is 2.13. The van der Waals surface area contributed by atoms with Crippen LogP contribution in [0.2, 0.25) is 0 Å². The molecular formula is C18H23N5O. The van der Waals surface area contributed by atoms with Gasteiger partial charge in [-0.25, -0.2) is 0 Å². The van der Waals surface area contributed by atoms with Gasteiger partial charge in [0.15, 0.2) is 5.82 Å². The van der Waals surface area contributed by atoms with Gasteiger partial charge in [0, 0.05) is 44.5 Å². The molecule has 126 valence electrons. The van der Waals surface area contributed by atoms with Gasteiger partial charge in [-0.3, -0.25) is 9.69 Å². The monoisotopic (exact) mass is 325 g/mol. The number of rotatable bonds is 5. The molecule has 3 heterocycles. The lowest BCUT2D eigenvalue weighted by atomic mass is 10.1. The Morgan fingerprint density at radius 1 is 1.25 bits per heavy atom. The fraction of sp³-hybridized carbons (Fsp3) is 0.500. The molecule has 4 rings (SSSR count). The Morgan fingerprint density at radius 3 is 2.96 bits per heavy atom. The standard InChI is InChI=1S/C18H23N5O/c1-21(9-10-22-8-3-2-7-18(22)24)15-12-23(13-15)17-11-14-5-4-6-16(14)19-20-17/h2-3,7-8,11,15H,4-6,9-10,12-13H2,1H3. The Kier molecular flexibility index (Phi) is 4.06. The Hall–Kier alpha value is -2.21. The normalized spacial score (nSPS) is 17.2. The molecule has 1 aliphatic heterocycles. The van der Waals surface area contributed by atoms with Crippen molar-refractivity contribution in [2.45, 2.75) is 31.8 Å². The summed E-state index contributed by atoms with van der Waals surface area (Å²) in [5.74, 6) is 1.01. The zero-order chi connectivity index (χ0) is 16.5. The van der Waals surface area contributed by atoms with Crippen molar-refractivity contribution in [3.8, 4) is 0 Å². The molecule has 2 aromatic rings. The smallest absolute Gasteiger partial charge is 0.250 e. The fourth-order valence-electron chi connectivity index (χ4n) is 3.49. The maximum atomic E-state index is 11.7. The summed E-state index contributed by atoms with van der Waals surface area (Å²) in [4.78, 5) is 16.4. The van der Waals surface area contributed by atoms with Crippen LogP contribution < -0.4 is 10.5 Å². The maximum absolute atomic E-state index is 11.7. The number of nitrogens with zero attached hydrogens (tertiary/aromatic N) is 5.